The van der Waals surface area contributed by atoms with Crippen molar-refractivity contribution in [1.82, 2.24) is 0 Å². The van der Waals surface area contributed by atoms with E-state index >= 15 is 0 Å². The molecule has 0 heterocycles. The predicted molar refractivity (Wildman–Crippen MR) is 42.0 cm³/mol. The highest BCUT2D eigenvalue weighted by Gasteiger charge is 2.25. The Labute approximate surface area is 61.8 Å². The van der Waals surface area contributed by atoms with E-state index in [1.54, 1.807) is 0 Å². The van der Waals surface area contributed by atoms with Gasteiger partial charge in [0.15, 0.2) is 25.7 Å². The Morgan fingerprint density at radius 1 is 1.44 bits per heavy atom. The Morgan fingerprint density at radius 3 is 2.00 bits per heavy atom. The quantitative estimate of drug-likeness (QED) is 0.463. The van der Waals surface area contributed by atoms with Crippen LogP contribution in [-0.4, -0.2) is 20.6 Å². The van der Waals surface area contributed by atoms with Crippen molar-refractivity contribution in [2.75, 3.05) is 6.26 Å². The molecule has 0 rings (SSSR count). The molecule has 0 aromatic rings. The summed E-state index contributed by atoms with van der Waals surface area (Å²) < 4.78 is 21.4. The van der Waals surface area contributed by atoms with Gasteiger partial charge in [-0.05, 0) is 13.3 Å². The molecule has 0 aliphatic rings. The van der Waals surface area contributed by atoms with Gasteiger partial charge in [-0.2, -0.15) is 0 Å². The van der Waals surface area contributed by atoms with Gasteiger partial charge in [-0.15, -0.1) is 0 Å². The lowest BCUT2D eigenvalue weighted by atomic mass is 10.4. The van der Waals surface area contributed by atoms with Crippen molar-refractivity contribution >= 4 is 20.4 Å². The van der Waals surface area contributed by atoms with E-state index in [1.165, 1.54) is 6.26 Å². The van der Waals surface area contributed by atoms with E-state index < -0.39 is 20.4 Å². The SMILES string of the molecule is CCC(C)[S+]([O-])[S+](C)[O-]. The third-order valence-electron chi connectivity index (χ3n) is 1.13. The normalized spacial score (nSPS) is 21.0. The van der Waals surface area contributed by atoms with Crippen molar-refractivity contribution in [3.63, 3.8) is 0 Å². The van der Waals surface area contributed by atoms with Crippen LogP contribution in [0, 0.1) is 0 Å². The molecule has 0 spiro atoms. The van der Waals surface area contributed by atoms with Gasteiger partial charge in [-0.3, -0.25) is 0 Å². The minimum Gasteiger partial charge on any atom is -0.572 e. The van der Waals surface area contributed by atoms with E-state index in [4.69, 9.17) is 0 Å². The molecule has 56 valence electrons. The molecule has 0 amide bonds. The van der Waals surface area contributed by atoms with Crippen LogP contribution in [0.15, 0.2) is 0 Å². The largest absolute Gasteiger partial charge is 0.572 e. The highest BCUT2D eigenvalue weighted by atomic mass is 33.2. The van der Waals surface area contributed by atoms with Gasteiger partial charge < -0.3 is 9.11 Å². The van der Waals surface area contributed by atoms with Gasteiger partial charge in [-0.25, -0.2) is 0 Å². The van der Waals surface area contributed by atoms with E-state index in [1.807, 2.05) is 13.8 Å². The zero-order valence-electron chi connectivity index (χ0n) is 5.92. The zero-order valence-corrected chi connectivity index (χ0v) is 7.55. The molecule has 0 bridgehead atoms. The molecular weight excluding hydrogens is 156 g/mol. The smallest absolute Gasteiger partial charge is 0.173 e. The fourth-order valence-corrected chi connectivity index (χ4v) is 2.90. The van der Waals surface area contributed by atoms with Gasteiger partial charge in [0, 0.05) is 0 Å². The maximum atomic E-state index is 10.9. The first kappa shape index (κ1) is 9.62. The highest BCUT2D eigenvalue weighted by Crippen LogP contribution is 2.11. The zero-order chi connectivity index (χ0) is 7.44. The summed E-state index contributed by atoms with van der Waals surface area (Å²) in [6.07, 6.45) is 2.30. The topological polar surface area (TPSA) is 46.1 Å². The van der Waals surface area contributed by atoms with E-state index in [0.29, 0.717) is 0 Å². The van der Waals surface area contributed by atoms with Crippen LogP contribution in [0.4, 0.5) is 0 Å². The Morgan fingerprint density at radius 2 is 1.89 bits per heavy atom. The van der Waals surface area contributed by atoms with Gasteiger partial charge >= 0.3 is 0 Å². The van der Waals surface area contributed by atoms with Crippen LogP contribution >= 0.6 is 0 Å². The average Bonchev–Trinajstić information content (AvgIpc) is 1.84. The third kappa shape index (κ3) is 3.35. The van der Waals surface area contributed by atoms with Crippen molar-refractivity contribution in [3.05, 3.63) is 0 Å². The molecule has 0 N–H and O–H groups in total. The molecule has 3 unspecified atom stereocenters. The van der Waals surface area contributed by atoms with Crippen LogP contribution in [0.5, 0.6) is 0 Å². The summed E-state index contributed by atoms with van der Waals surface area (Å²) in [5.41, 5.74) is 0. The standard InChI is InChI=1S/C5H12O2S2/c1-4-5(2)9(7)8(3)6/h5H,4H2,1-3H3. The molecule has 3 atom stereocenters. The van der Waals surface area contributed by atoms with E-state index in [9.17, 15) is 9.11 Å². The Balaban J connectivity index is 3.58. The van der Waals surface area contributed by atoms with Crippen molar-refractivity contribution in [3.8, 4) is 0 Å². The molecule has 9 heavy (non-hydrogen) atoms. The molecule has 0 aliphatic carbocycles. The molecule has 0 aromatic carbocycles. The van der Waals surface area contributed by atoms with Gasteiger partial charge in [0.2, 0.25) is 0 Å². The van der Waals surface area contributed by atoms with Crippen LogP contribution < -0.4 is 0 Å². The van der Waals surface area contributed by atoms with Crippen LogP contribution in [0.1, 0.15) is 20.3 Å². The molecule has 0 aliphatic heterocycles. The molecule has 0 fully saturated rings. The molecule has 2 nitrogen and oxygen atoms in total. The molecule has 0 radical (unpaired) electrons. The summed E-state index contributed by atoms with van der Waals surface area (Å²) in [5.74, 6) is 0. The van der Waals surface area contributed by atoms with Gasteiger partial charge in [0.25, 0.3) is 0 Å². The summed E-state index contributed by atoms with van der Waals surface area (Å²) in [4.78, 5) is 0. The van der Waals surface area contributed by atoms with Crippen molar-refractivity contribution in [2.24, 2.45) is 0 Å². The monoisotopic (exact) mass is 168 g/mol. The Bertz CT molecular complexity index is 77.4. The Kier molecular flexibility index (Phi) is 4.74. The lowest BCUT2D eigenvalue weighted by molar-refractivity contribution is 0.576. The highest BCUT2D eigenvalue weighted by molar-refractivity contribution is 8.67. The predicted octanol–water partition coefficient (Wildman–Crippen LogP) is 0.827. The second-order valence-corrected chi connectivity index (χ2v) is 6.40. The third-order valence-corrected chi connectivity index (χ3v) is 4.96. The molecule has 0 saturated carbocycles. The molecular formula is C5H12O2S2. The van der Waals surface area contributed by atoms with Crippen LogP contribution in [0.25, 0.3) is 0 Å². The van der Waals surface area contributed by atoms with E-state index in [2.05, 4.69) is 0 Å². The molecule has 0 aromatic heterocycles. The fraction of sp³-hybridized carbons (Fsp3) is 1.00. The number of hydrogen-bond acceptors (Lipinski definition) is 2. The Hall–Kier alpha value is 0.620. The summed E-state index contributed by atoms with van der Waals surface area (Å²) >= 11 is 0. The fourth-order valence-electron chi connectivity index (χ4n) is 0.367. The van der Waals surface area contributed by atoms with E-state index in [-0.39, 0.29) is 5.25 Å². The summed E-state index contributed by atoms with van der Waals surface area (Å²) in [5, 5.41) is 0.0656. The van der Waals surface area contributed by atoms with E-state index in [0.717, 1.165) is 6.42 Å². The van der Waals surface area contributed by atoms with Crippen molar-refractivity contribution in [2.45, 2.75) is 25.5 Å². The van der Waals surface area contributed by atoms with Crippen LogP contribution in [0.2, 0.25) is 0 Å². The first-order valence-corrected chi connectivity index (χ1v) is 6.12. The van der Waals surface area contributed by atoms with Crippen molar-refractivity contribution in [1.29, 1.82) is 0 Å². The first-order chi connectivity index (χ1) is 4.09. The molecule has 0 saturated heterocycles. The summed E-state index contributed by atoms with van der Waals surface area (Å²) in [6.45, 7) is 3.78. The first-order valence-electron chi connectivity index (χ1n) is 2.84. The second kappa shape index (κ2) is 4.44. The summed E-state index contributed by atoms with van der Waals surface area (Å²) in [6, 6.07) is 0. The average molecular weight is 168 g/mol. The second-order valence-electron chi connectivity index (χ2n) is 1.88. The van der Waals surface area contributed by atoms with Crippen LogP contribution in [0.3, 0.4) is 0 Å². The maximum Gasteiger partial charge on any atom is 0.173 e. The summed E-state index contributed by atoms with van der Waals surface area (Å²) in [7, 11) is -2.31. The van der Waals surface area contributed by atoms with Gasteiger partial charge in [0.1, 0.15) is 6.26 Å². The minimum atomic E-state index is -1.17. The maximum absolute atomic E-state index is 10.9. The number of hydrogen-bond donors (Lipinski definition) is 0. The molecule has 4 heteroatoms. The van der Waals surface area contributed by atoms with Crippen molar-refractivity contribution < 1.29 is 9.11 Å². The van der Waals surface area contributed by atoms with Gasteiger partial charge in [-0.1, -0.05) is 6.92 Å². The minimum absolute atomic E-state index is 0.0656. The lowest BCUT2D eigenvalue weighted by Gasteiger charge is -2.13. The van der Waals surface area contributed by atoms with Gasteiger partial charge in [0.05, 0.1) is 0 Å². The number of rotatable bonds is 3. The van der Waals surface area contributed by atoms with Crippen LogP contribution in [-0.2, 0) is 20.4 Å². The lowest BCUT2D eigenvalue weighted by Crippen LogP contribution is -2.24.